The Kier molecular flexibility index (Phi) is 3.17. The van der Waals surface area contributed by atoms with Crippen molar-refractivity contribution in [2.75, 3.05) is 0 Å². The number of carboxylic acids is 1. The molecule has 2 aromatic heterocycles. The summed E-state index contributed by atoms with van der Waals surface area (Å²) in [7, 11) is 0. The summed E-state index contributed by atoms with van der Waals surface area (Å²) in [6.45, 7) is 4.02. The van der Waals surface area contributed by atoms with Crippen LogP contribution in [0.3, 0.4) is 0 Å². The number of nitrogens with zero attached hydrogens (tertiary/aromatic N) is 4. The van der Waals surface area contributed by atoms with Crippen LogP contribution in [0, 0.1) is 6.92 Å². The van der Waals surface area contributed by atoms with Gasteiger partial charge in [0.25, 0.3) is 0 Å². The Morgan fingerprint density at radius 3 is 2.81 bits per heavy atom. The number of para-hydroxylation sites is 1. The van der Waals surface area contributed by atoms with Crippen molar-refractivity contribution in [3.8, 4) is 0 Å². The number of aryl methyl sites for hydroxylation is 2. The normalized spacial score (nSPS) is 11.1. The first-order valence-electron chi connectivity index (χ1n) is 6.60. The van der Waals surface area contributed by atoms with Gasteiger partial charge in [0.05, 0.1) is 23.1 Å². The van der Waals surface area contributed by atoms with E-state index in [1.165, 1.54) is 0 Å². The molecule has 3 rings (SSSR count). The van der Waals surface area contributed by atoms with Gasteiger partial charge in [-0.1, -0.05) is 18.1 Å². The topological polar surface area (TPSA) is 94.0 Å². The summed E-state index contributed by atoms with van der Waals surface area (Å²) in [6, 6.07) is 5.07. The molecule has 0 saturated carbocycles. The van der Waals surface area contributed by atoms with E-state index in [4.69, 9.17) is 4.52 Å². The number of hydrogen-bond acceptors (Lipinski definition) is 5. The van der Waals surface area contributed by atoms with Crippen LogP contribution < -0.4 is 0 Å². The highest BCUT2D eigenvalue weighted by molar-refractivity contribution is 6.01. The molecule has 0 radical (unpaired) electrons. The van der Waals surface area contributed by atoms with Crippen LogP contribution in [0.25, 0.3) is 11.0 Å². The monoisotopic (exact) mass is 286 g/mol. The van der Waals surface area contributed by atoms with Crippen LogP contribution in [0.4, 0.5) is 0 Å². The Labute approximate surface area is 120 Å². The van der Waals surface area contributed by atoms with Gasteiger partial charge in [0.1, 0.15) is 5.82 Å². The summed E-state index contributed by atoms with van der Waals surface area (Å²) < 4.78 is 6.80. The molecule has 0 aliphatic carbocycles. The molecule has 0 fully saturated rings. The van der Waals surface area contributed by atoms with Gasteiger partial charge < -0.3 is 14.2 Å². The number of aromatic carboxylic acids is 1. The van der Waals surface area contributed by atoms with Gasteiger partial charge in [-0.05, 0) is 12.1 Å². The lowest BCUT2D eigenvalue weighted by Gasteiger charge is -2.06. The van der Waals surface area contributed by atoms with Gasteiger partial charge in [-0.15, -0.1) is 0 Å². The minimum absolute atomic E-state index is 0.222. The quantitative estimate of drug-likeness (QED) is 0.788. The number of carboxylic acid groups (broad SMARTS) is 1. The molecule has 3 aromatic rings. The number of hydrogen-bond donors (Lipinski definition) is 1. The van der Waals surface area contributed by atoms with E-state index in [-0.39, 0.29) is 5.56 Å². The molecule has 21 heavy (non-hydrogen) atoms. The van der Waals surface area contributed by atoms with Gasteiger partial charge in [-0.2, -0.15) is 4.98 Å². The van der Waals surface area contributed by atoms with E-state index < -0.39 is 5.97 Å². The number of carbonyl (C=O) groups is 1. The van der Waals surface area contributed by atoms with Crippen molar-refractivity contribution in [1.29, 1.82) is 0 Å². The van der Waals surface area contributed by atoms with Crippen molar-refractivity contribution in [3.63, 3.8) is 0 Å². The second-order valence-electron chi connectivity index (χ2n) is 4.68. The van der Waals surface area contributed by atoms with E-state index in [0.717, 1.165) is 5.82 Å². The molecule has 0 saturated heterocycles. The van der Waals surface area contributed by atoms with Gasteiger partial charge in [-0.25, -0.2) is 9.78 Å². The van der Waals surface area contributed by atoms with Crippen LogP contribution in [0.15, 0.2) is 22.7 Å². The molecule has 0 spiro atoms. The van der Waals surface area contributed by atoms with Crippen LogP contribution in [-0.2, 0) is 13.0 Å². The zero-order chi connectivity index (χ0) is 15.0. The first-order valence-corrected chi connectivity index (χ1v) is 6.60. The van der Waals surface area contributed by atoms with E-state index in [0.29, 0.717) is 35.7 Å². The van der Waals surface area contributed by atoms with Crippen molar-refractivity contribution in [3.05, 3.63) is 41.3 Å². The third-order valence-electron chi connectivity index (χ3n) is 3.26. The lowest BCUT2D eigenvalue weighted by atomic mass is 10.2. The Bertz CT molecular complexity index is 819. The van der Waals surface area contributed by atoms with E-state index >= 15 is 0 Å². The molecule has 7 nitrogen and oxygen atoms in total. The van der Waals surface area contributed by atoms with Crippen molar-refractivity contribution in [2.24, 2.45) is 0 Å². The summed E-state index contributed by atoms with van der Waals surface area (Å²) in [5.74, 6) is 0.794. The second kappa shape index (κ2) is 5.01. The van der Waals surface area contributed by atoms with Gasteiger partial charge in [-0.3, -0.25) is 0 Å². The number of rotatable bonds is 4. The predicted octanol–water partition coefficient (Wildman–Crippen LogP) is 2.04. The molecule has 0 aliphatic rings. The molecule has 1 N–H and O–H groups in total. The second-order valence-corrected chi connectivity index (χ2v) is 4.68. The number of aromatic nitrogens is 4. The summed E-state index contributed by atoms with van der Waals surface area (Å²) in [5.41, 5.74) is 1.47. The minimum Gasteiger partial charge on any atom is -0.478 e. The number of imidazole rings is 1. The van der Waals surface area contributed by atoms with Gasteiger partial charge in [0.2, 0.25) is 5.89 Å². The molecule has 0 amide bonds. The summed E-state index contributed by atoms with van der Waals surface area (Å²) in [4.78, 5) is 20.1. The summed E-state index contributed by atoms with van der Waals surface area (Å²) >= 11 is 0. The maximum absolute atomic E-state index is 11.4. The van der Waals surface area contributed by atoms with E-state index in [1.807, 2.05) is 11.5 Å². The highest BCUT2D eigenvalue weighted by Crippen LogP contribution is 2.22. The maximum Gasteiger partial charge on any atom is 0.337 e. The molecule has 2 heterocycles. The van der Waals surface area contributed by atoms with Crippen molar-refractivity contribution < 1.29 is 14.4 Å². The van der Waals surface area contributed by atoms with Crippen LogP contribution >= 0.6 is 0 Å². The van der Waals surface area contributed by atoms with Crippen LogP contribution in [0.2, 0.25) is 0 Å². The van der Waals surface area contributed by atoms with E-state index in [2.05, 4.69) is 15.1 Å². The van der Waals surface area contributed by atoms with Gasteiger partial charge in [0.15, 0.2) is 5.82 Å². The molecule has 1 aromatic carbocycles. The molecular formula is C14H14N4O3. The summed E-state index contributed by atoms with van der Waals surface area (Å²) in [6.07, 6.45) is 0.685. The Morgan fingerprint density at radius 2 is 2.19 bits per heavy atom. The molecule has 0 bridgehead atoms. The maximum atomic E-state index is 11.4. The van der Waals surface area contributed by atoms with Crippen LogP contribution in [-0.4, -0.2) is 30.8 Å². The summed E-state index contributed by atoms with van der Waals surface area (Å²) in [5, 5.41) is 13.2. The Hall–Kier alpha value is -2.70. The average Bonchev–Trinajstić information content (AvgIpc) is 3.03. The largest absolute Gasteiger partial charge is 0.478 e. The highest BCUT2D eigenvalue weighted by atomic mass is 16.5. The van der Waals surface area contributed by atoms with Crippen molar-refractivity contribution in [1.82, 2.24) is 19.7 Å². The fourth-order valence-electron chi connectivity index (χ4n) is 2.39. The average molecular weight is 286 g/mol. The number of fused-ring (bicyclic) bond motifs is 1. The molecule has 7 heteroatoms. The van der Waals surface area contributed by atoms with Crippen LogP contribution in [0.1, 0.15) is 34.8 Å². The minimum atomic E-state index is -0.978. The lowest BCUT2D eigenvalue weighted by Crippen LogP contribution is -2.08. The fraction of sp³-hybridized carbons (Fsp3) is 0.286. The third-order valence-corrected chi connectivity index (χ3v) is 3.26. The van der Waals surface area contributed by atoms with Crippen molar-refractivity contribution in [2.45, 2.75) is 26.8 Å². The van der Waals surface area contributed by atoms with E-state index in [9.17, 15) is 9.90 Å². The third kappa shape index (κ3) is 2.26. The Balaban J connectivity index is 2.20. The first-order chi connectivity index (χ1) is 10.1. The molecule has 0 aliphatic heterocycles. The molecule has 108 valence electrons. The first kappa shape index (κ1) is 13.3. The fourth-order valence-corrected chi connectivity index (χ4v) is 2.39. The molecule has 0 unspecified atom stereocenters. The van der Waals surface area contributed by atoms with Crippen molar-refractivity contribution >= 4 is 17.0 Å². The van der Waals surface area contributed by atoms with Gasteiger partial charge >= 0.3 is 5.97 Å². The molecular weight excluding hydrogens is 272 g/mol. The lowest BCUT2D eigenvalue weighted by molar-refractivity contribution is 0.0698. The number of benzene rings is 1. The smallest absolute Gasteiger partial charge is 0.337 e. The van der Waals surface area contributed by atoms with Crippen LogP contribution in [0.5, 0.6) is 0 Å². The Morgan fingerprint density at radius 1 is 1.38 bits per heavy atom. The van der Waals surface area contributed by atoms with E-state index in [1.54, 1.807) is 25.1 Å². The standard InChI is InChI=1S/C14H14N4O3/c1-3-12-16-10-6-4-5-9(14(19)20)13(10)18(12)7-11-15-8(2)21-17-11/h4-6H,3,7H2,1-2H3,(H,19,20). The zero-order valence-corrected chi connectivity index (χ0v) is 11.7. The molecule has 0 atom stereocenters. The van der Waals surface area contributed by atoms with Gasteiger partial charge in [0, 0.05) is 13.3 Å². The highest BCUT2D eigenvalue weighted by Gasteiger charge is 2.18. The SMILES string of the molecule is CCc1nc2cccc(C(=O)O)c2n1Cc1noc(C)n1. The zero-order valence-electron chi connectivity index (χ0n) is 11.7. The predicted molar refractivity (Wildman–Crippen MR) is 74.2 cm³/mol.